The average Bonchev–Trinajstić information content (AvgIpc) is 2.27. The zero-order valence-electron chi connectivity index (χ0n) is 9.28. The molecule has 0 aromatic heterocycles. The first-order valence-electron chi connectivity index (χ1n) is 4.59. The van der Waals surface area contributed by atoms with Crippen molar-refractivity contribution in [1.82, 2.24) is 5.43 Å². The molecule has 0 spiro atoms. The van der Waals surface area contributed by atoms with Crippen LogP contribution in [-0.2, 0) is 0 Å². The largest absolute Gasteiger partial charge is 0.504 e. The molecule has 0 aliphatic rings. The summed E-state index contributed by atoms with van der Waals surface area (Å²) in [5, 5.41) is 23.7. The highest BCUT2D eigenvalue weighted by molar-refractivity contribution is 5.84. The lowest BCUT2D eigenvalue weighted by atomic mass is 10.2. The normalized spacial score (nSPS) is 10.3. The van der Waals surface area contributed by atoms with Crippen molar-refractivity contribution in [2.24, 2.45) is 10.8 Å². The van der Waals surface area contributed by atoms with Gasteiger partial charge in [-0.2, -0.15) is 5.10 Å². The van der Waals surface area contributed by atoms with Crippen LogP contribution in [0.15, 0.2) is 17.2 Å². The Hall–Kier alpha value is -2.84. The lowest BCUT2D eigenvalue weighted by Gasteiger charge is -2.04. The number of hydrogen-bond donors (Lipinski definition) is 3. The number of carbonyl (C=O) groups is 1. The summed E-state index contributed by atoms with van der Waals surface area (Å²) in [5.74, 6) is -0.660. The molecular weight excluding hydrogens is 244 g/mol. The highest BCUT2D eigenvalue weighted by Gasteiger charge is 2.19. The van der Waals surface area contributed by atoms with E-state index in [0.717, 1.165) is 12.3 Å². The summed E-state index contributed by atoms with van der Waals surface area (Å²) >= 11 is 0. The molecule has 9 heteroatoms. The van der Waals surface area contributed by atoms with Crippen LogP contribution in [0.4, 0.5) is 10.5 Å². The SMILES string of the molecule is COc1c(O)cc(C=NNC(N)=O)cc1[N+](=O)[O-]. The molecule has 0 bridgehead atoms. The second-order valence-electron chi connectivity index (χ2n) is 3.08. The van der Waals surface area contributed by atoms with E-state index in [1.165, 1.54) is 13.2 Å². The quantitative estimate of drug-likeness (QED) is 0.403. The minimum absolute atomic E-state index is 0.203. The molecule has 0 unspecified atom stereocenters. The van der Waals surface area contributed by atoms with Gasteiger partial charge in [0.2, 0.25) is 5.75 Å². The third-order valence-electron chi connectivity index (χ3n) is 1.86. The number of carbonyl (C=O) groups excluding carboxylic acids is 1. The monoisotopic (exact) mass is 254 g/mol. The van der Waals surface area contributed by atoms with Crippen LogP contribution in [0.2, 0.25) is 0 Å². The van der Waals surface area contributed by atoms with Crippen LogP contribution in [0, 0.1) is 10.1 Å². The number of aromatic hydroxyl groups is 1. The van der Waals surface area contributed by atoms with Crippen LogP contribution in [0.25, 0.3) is 0 Å². The van der Waals surface area contributed by atoms with E-state index in [2.05, 4.69) is 5.10 Å². The third-order valence-corrected chi connectivity index (χ3v) is 1.86. The van der Waals surface area contributed by atoms with E-state index in [-0.39, 0.29) is 11.3 Å². The molecule has 96 valence electrons. The van der Waals surface area contributed by atoms with E-state index in [9.17, 15) is 20.0 Å². The van der Waals surface area contributed by atoms with Gasteiger partial charge in [0.1, 0.15) is 0 Å². The second-order valence-corrected chi connectivity index (χ2v) is 3.08. The van der Waals surface area contributed by atoms with Gasteiger partial charge >= 0.3 is 11.7 Å². The molecule has 0 saturated carbocycles. The van der Waals surface area contributed by atoms with Gasteiger partial charge in [0.25, 0.3) is 0 Å². The van der Waals surface area contributed by atoms with Gasteiger partial charge in [-0.1, -0.05) is 0 Å². The van der Waals surface area contributed by atoms with Crippen LogP contribution in [0.3, 0.4) is 0 Å². The van der Waals surface area contributed by atoms with Crippen molar-refractivity contribution in [1.29, 1.82) is 0 Å². The van der Waals surface area contributed by atoms with Crippen molar-refractivity contribution in [2.45, 2.75) is 0 Å². The molecule has 1 rings (SSSR count). The molecule has 4 N–H and O–H groups in total. The molecule has 1 aromatic rings. The van der Waals surface area contributed by atoms with E-state index in [0.29, 0.717) is 0 Å². The zero-order valence-corrected chi connectivity index (χ0v) is 9.28. The fourth-order valence-electron chi connectivity index (χ4n) is 1.21. The molecule has 0 fully saturated rings. The van der Waals surface area contributed by atoms with Crippen molar-refractivity contribution in [3.8, 4) is 11.5 Å². The van der Waals surface area contributed by atoms with E-state index in [1.54, 1.807) is 0 Å². The maximum atomic E-state index is 10.7. The van der Waals surface area contributed by atoms with Gasteiger partial charge in [0.15, 0.2) is 5.75 Å². The van der Waals surface area contributed by atoms with Gasteiger partial charge in [-0.25, -0.2) is 10.2 Å². The Morgan fingerprint density at radius 2 is 2.33 bits per heavy atom. The Bertz CT molecular complexity index is 514. The number of rotatable bonds is 4. The molecule has 0 saturated heterocycles. The Morgan fingerprint density at radius 1 is 1.67 bits per heavy atom. The summed E-state index contributed by atoms with van der Waals surface area (Å²) in [7, 11) is 1.20. The van der Waals surface area contributed by atoms with Gasteiger partial charge in [0, 0.05) is 11.6 Å². The number of phenolic OH excluding ortho intramolecular Hbond substituents is 1. The Labute approximate surface area is 101 Å². The number of methoxy groups -OCH3 is 1. The number of benzene rings is 1. The first-order valence-corrected chi connectivity index (χ1v) is 4.59. The highest BCUT2D eigenvalue weighted by atomic mass is 16.6. The summed E-state index contributed by atoms with van der Waals surface area (Å²) in [4.78, 5) is 20.4. The number of nitro benzene ring substituents is 1. The lowest BCUT2D eigenvalue weighted by molar-refractivity contribution is -0.385. The fourth-order valence-corrected chi connectivity index (χ4v) is 1.21. The minimum Gasteiger partial charge on any atom is -0.504 e. The van der Waals surface area contributed by atoms with Crippen LogP contribution in [0.1, 0.15) is 5.56 Å². The van der Waals surface area contributed by atoms with E-state index in [4.69, 9.17) is 10.5 Å². The predicted octanol–water partition coefficient (Wildman–Crippen LogP) is 0.311. The first kappa shape index (κ1) is 13.2. The maximum Gasteiger partial charge on any atom is 0.332 e. The predicted molar refractivity (Wildman–Crippen MR) is 61.6 cm³/mol. The van der Waals surface area contributed by atoms with E-state index >= 15 is 0 Å². The van der Waals surface area contributed by atoms with Gasteiger partial charge in [-0.15, -0.1) is 0 Å². The lowest BCUT2D eigenvalue weighted by Crippen LogP contribution is -2.24. The smallest absolute Gasteiger partial charge is 0.332 e. The highest BCUT2D eigenvalue weighted by Crippen LogP contribution is 2.36. The van der Waals surface area contributed by atoms with Gasteiger partial charge < -0.3 is 15.6 Å². The fraction of sp³-hybridized carbons (Fsp3) is 0.111. The van der Waals surface area contributed by atoms with Gasteiger partial charge in [-0.05, 0) is 6.07 Å². The van der Waals surface area contributed by atoms with Crippen LogP contribution in [-0.4, -0.2) is 29.4 Å². The number of urea groups is 1. The van der Waals surface area contributed by atoms with Crippen molar-refractivity contribution in [3.05, 3.63) is 27.8 Å². The van der Waals surface area contributed by atoms with E-state index < -0.39 is 22.4 Å². The number of nitrogens with one attached hydrogen (secondary N) is 1. The molecule has 0 aliphatic carbocycles. The number of nitrogens with zero attached hydrogens (tertiary/aromatic N) is 2. The zero-order chi connectivity index (χ0) is 13.7. The number of phenols is 1. The average molecular weight is 254 g/mol. The molecule has 0 heterocycles. The number of nitrogens with two attached hydrogens (primary N) is 1. The first-order chi connectivity index (χ1) is 8.45. The molecule has 0 radical (unpaired) electrons. The molecule has 9 nitrogen and oxygen atoms in total. The van der Waals surface area contributed by atoms with E-state index in [1.807, 2.05) is 5.43 Å². The number of nitro groups is 1. The molecule has 1 aromatic carbocycles. The number of amides is 2. The summed E-state index contributed by atoms with van der Waals surface area (Å²) in [5.41, 5.74) is 6.47. The Balaban J connectivity index is 3.13. The van der Waals surface area contributed by atoms with Gasteiger partial charge in [-0.3, -0.25) is 10.1 Å². The maximum absolute atomic E-state index is 10.7. The molecule has 18 heavy (non-hydrogen) atoms. The Morgan fingerprint density at radius 3 is 2.83 bits per heavy atom. The van der Waals surface area contributed by atoms with Crippen molar-refractivity contribution < 1.29 is 19.6 Å². The van der Waals surface area contributed by atoms with Crippen LogP contribution in [0.5, 0.6) is 11.5 Å². The molecular formula is C9H10N4O5. The number of hydrogen-bond acceptors (Lipinski definition) is 6. The molecule has 0 aliphatic heterocycles. The minimum atomic E-state index is -0.876. The van der Waals surface area contributed by atoms with Crippen LogP contribution >= 0.6 is 0 Å². The van der Waals surface area contributed by atoms with Crippen LogP contribution < -0.4 is 15.9 Å². The van der Waals surface area contributed by atoms with Crippen molar-refractivity contribution in [3.63, 3.8) is 0 Å². The van der Waals surface area contributed by atoms with Crippen molar-refractivity contribution >= 4 is 17.9 Å². The Kier molecular flexibility index (Phi) is 4.02. The number of primary amides is 1. The second kappa shape index (κ2) is 5.48. The topological polar surface area (TPSA) is 140 Å². The summed E-state index contributed by atoms with van der Waals surface area (Å²) < 4.78 is 4.71. The molecule has 0 atom stereocenters. The standard InChI is InChI=1S/C9H10N4O5/c1-18-8-6(13(16)17)2-5(3-7(8)14)4-11-12-9(10)15/h2-4,14H,1H3,(H3,10,12,15). The van der Waals surface area contributed by atoms with Crippen molar-refractivity contribution in [2.75, 3.05) is 7.11 Å². The van der Waals surface area contributed by atoms with Gasteiger partial charge in [0.05, 0.1) is 18.2 Å². The summed E-state index contributed by atoms with van der Waals surface area (Å²) in [6.07, 6.45) is 1.09. The summed E-state index contributed by atoms with van der Waals surface area (Å²) in [6.45, 7) is 0. The summed E-state index contributed by atoms with van der Waals surface area (Å²) in [6, 6.07) is 1.45. The third kappa shape index (κ3) is 3.07. The number of ether oxygens (including phenoxy) is 1. The number of hydrazone groups is 1. The molecule has 2 amide bonds.